The molecule has 1 aromatic carbocycles. The third-order valence-corrected chi connectivity index (χ3v) is 4.75. The molecule has 15 heavy (non-hydrogen) atoms. The van der Waals surface area contributed by atoms with Crippen LogP contribution in [0.15, 0.2) is 22.7 Å². The molecule has 0 atom stereocenters. The maximum Gasteiger partial charge on any atom is 0.0491 e. The Morgan fingerprint density at radius 3 is 2.87 bits per heavy atom. The van der Waals surface area contributed by atoms with Crippen LogP contribution in [0.1, 0.15) is 17.4 Å². The lowest BCUT2D eigenvalue weighted by Gasteiger charge is -2.00. The molecule has 0 aliphatic heterocycles. The lowest BCUT2D eigenvalue weighted by Crippen LogP contribution is -2.04. The van der Waals surface area contributed by atoms with Crippen LogP contribution in [-0.2, 0) is 13.0 Å². The number of aryl methyl sites for hydroxylation is 1. The third kappa shape index (κ3) is 1.96. The van der Waals surface area contributed by atoms with Crippen LogP contribution in [-0.4, -0.2) is 7.05 Å². The first-order valence-electron chi connectivity index (χ1n) is 5.11. The fourth-order valence-electron chi connectivity index (χ4n) is 1.88. The van der Waals surface area contributed by atoms with E-state index in [9.17, 15) is 0 Å². The molecular formula is C12H14BrNS. The lowest BCUT2D eigenvalue weighted by molar-refractivity contribution is 0.822. The van der Waals surface area contributed by atoms with E-state index < -0.39 is 0 Å². The molecule has 0 saturated heterocycles. The van der Waals surface area contributed by atoms with Gasteiger partial charge in [0.05, 0.1) is 0 Å². The van der Waals surface area contributed by atoms with Gasteiger partial charge in [-0.05, 0) is 46.4 Å². The second kappa shape index (κ2) is 4.64. The first-order chi connectivity index (χ1) is 7.27. The summed E-state index contributed by atoms with van der Waals surface area (Å²) in [6, 6.07) is 6.44. The molecule has 0 radical (unpaired) electrons. The number of hydrogen-bond acceptors (Lipinski definition) is 2. The first-order valence-corrected chi connectivity index (χ1v) is 6.72. The van der Waals surface area contributed by atoms with E-state index in [0.29, 0.717) is 0 Å². The zero-order valence-corrected chi connectivity index (χ0v) is 11.3. The van der Waals surface area contributed by atoms with E-state index in [-0.39, 0.29) is 0 Å². The van der Waals surface area contributed by atoms with E-state index >= 15 is 0 Å². The summed E-state index contributed by atoms with van der Waals surface area (Å²) in [5, 5.41) is 4.64. The van der Waals surface area contributed by atoms with Crippen molar-refractivity contribution in [3.05, 3.63) is 33.1 Å². The topological polar surface area (TPSA) is 12.0 Å². The van der Waals surface area contributed by atoms with Gasteiger partial charge in [-0.1, -0.05) is 19.1 Å². The van der Waals surface area contributed by atoms with Crippen molar-refractivity contribution in [2.24, 2.45) is 0 Å². The van der Waals surface area contributed by atoms with Crippen molar-refractivity contribution in [2.75, 3.05) is 7.05 Å². The van der Waals surface area contributed by atoms with Crippen molar-refractivity contribution in [1.29, 1.82) is 0 Å². The molecule has 2 aromatic rings. The average Bonchev–Trinajstić information content (AvgIpc) is 2.58. The van der Waals surface area contributed by atoms with Crippen molar-refractivity contribution >= 4 is 37.4 Å². The average molecular weight is 284 g/mol. The van der Waals surface area contributed by atoms with Gasteiger partial charge in [0.1, 0.15) is 0 Å². The SMILES string of the molecule is CCc1c(CNC)sc2c(Br)cccc12. The Balaban J connectivity index is 2.67. The molecule has 0 spiro atoms. The molecule has 0 fully saturated rings. The number of fused-ring (bicyclic) bond motifs is 1. The van der Waals surface area contributed by atoms with Crippen LogP contribution in [0.4, 0.5) is 0 Å². The summed E-state index contributed by atoms with van der Waals surface area (Å²) in [6.07, 6.45) is 1.10. The van der Waals surface area contributed by atoms with E-state index in [1.54, 1.807) is 0 Å². The van der Waals surface area contributed by atoms with Gasteiger partial charge < -0.3 is 5.32 Å². The van der Waals surface area contributed by atoms with E-state index in [4.69, 9.17) is 0 Å². The van der Waals surface area contributed by atoms with Crippen LogP contribution in [0.25, 0.3) is 10.1 Å². The maximum absolute atomic E-state index is 3.61. The Morgan fingerprint density at radius 1 is 1.40 bits per heavy atom. The quantitative estimate of drug-likeness (QED) is 0.900. The maximum atomic E-state index is 3.61. The van der Waals surface area contributed by atoms with Crippen LogP contribution < -0.4 is 5.32 Å². The van der Waals surface area contributed by atoms with E-state index in [1.165, 1.54) is 25.0 Å². The van der Waals surface area contributed by atoms with Crippen LogP contribution >= 0.6 is 27.3 Å². The lowest BCUT2D eigenvalue weighted by atomic mass is 10.1. The summed E-state index contributed by atoms with van der Waals surface area (Å²) in [5.41, 5.74) is 1.49. The second-order valence-corrected chi connectivity index (χ2v) is 5.46. The van der Waals surface area contributed by atoms with Crippen LogP contribution in [0.3, 0.4) is 0 Å². The van der Waals surface area contributed by atoms with E-state index in [1.807, 2.05) is 18.4 Å². The van der Waals surface area contributed by atoms with Gasteiger partial charge in [0.15, 0.2) is 0 Å². The molecule has 1 N–H and O–H groups in total. The fourth-order valence-corrected chi connectivity index (χ4v) is 3.79. The summed E-state index contributed by atoms with van der Waals surface area (Å²) >= 11 is 5.50. The Labute approximate surface area is 103 Å². The van der Waals surface area contributed by atoms with Gasteiger partial charge >= 0.3 is 0 Å². The Hall–Kier alpha value is -0.380. The summed E-state index contributed by atoms with van der Waals surface area (Å²) in [5.74, 6) is 0. The summed E-state index contributed by atoms with van der Waals surface area (Å²) < 4.78 is 2.58. The molecule has 1 nitrogen and oxygen atoms in total. The summed E-state index contributed by atoms with van der Waals surface area (Å²) in [4.78, 5) is 1.46. The number of benzene rings is 1. The molecule has 0 bridgehead atoms. The van der Waals surface area contributed by atoms with Gasteiger partial charge in [-0.2, -0.15) is 0 Å². The molecule has 0 amide bonds. The Kier molecular flexibility index (Phi) is 3.44. The Bertz CT molecular complexity index is 476. The normalized spacial score (nSPS) is 11.1. The third-order valence-electron chi connectivity index (χ3n) is 2.54. The monoisotopic (exact) mass is 283 g/mol. The van der Waals surface area contributed by atoms with Crippen molar-refractivity contribution in [3.8, 4) is 0 Å². The largest absolute Gasteiger partial charge is 0.315 e. The highest BCUT2D eigenvalue weighted by molar-refractivity contribution is 9.10. The molecule has 0 aliphatic rings. The van der Waals surface area contributed by atoms with Gasteiger partial charge in [0.2, 0.25) is 0 Å². The van der Waals surface area contributed by atoms with Crippen LogP contribution in [0.5, 0.6) is 0 Å². The number of hydrogen-bond donors (Lipinski definition) is 1. The molecule has 80 valence electrons. The molecular weight excluding hydrogens is 270 g/mol. The van der Waals surface area contributed by atoms with Crippen molar-refractivity contribution in [3.63, 3.8) is 0 Å². The molecule has 1 aromatic heterocycles. The van der Waals surface area contributed by atoms with Gasteiger partial charge in [-0.25, -0.2) is 0 Å². The molecule has 0 unspecified atom stereocenters. The standard InChI is InChI=1S/C12H14BrNS/c1-3-8-9-5-4-6-10(13)12(9)15-11(8)7-14-2/h4-6,14H,3,7H2,1-2H3. The van der Waals surface area contributed by atoms with Crippen molar-refractivity contribution in [1.82, 2.24) is 5.32 Å². The van der Waals surface area contributed by atoms with Gasteiger partial charge in [0, 0.05) is 20.6 Å². The highest BCUT2D eigenvalue weighted by atomic mass is 79.9. The molecule has 2 rings (SSSR count). The molecule has 0 saturated carbocycles. The number of halogens is 1. The van der Waals surface area contributed by atoms with E-state index in [0.717, 1.165) is 13.0 Å². The highest BCUT2D eigenvalue weighted by Gasteiger charge is 2.11. The minimum atomic E-state index is 0.967. The van der Waals surface area contributed by atoms with Crippen LogP contribution in [0.2, 0.25) is 0 Å². The fraction of sp³-hybridized carbons (Fsp3) is 0.333. The highest BCUT2D eigenvalue weighted by Crippen LogP contribution is 2.36. The summed E-state index contributed by atoms with van der Waals surface area (Å²) in [7, 11) is 2.00. The van der Waals surface area contributed by atoms with Gasteiger partial charge in [0.25, 0.3) is 0 Å². The predicted octanol–water partition coefficient (Wildman–Crippen LogP) is 3.95. The Morgan fingerprint density at radius 2 is 2.20 bits per heavy atom. The molecule has 0 aliphatic carbocycles. The van der Waals surface area contributed by atoms with E-state index in [2.05, 4.69) is 46.4 Å². The minimum absolute atomic E-state index is 0.967. The number of rotatable bonds is 3. The number of nitrogens with one attached hydrogen (secondary N) is 1. The second-order valence-electron chi connectivity index (χ2n) is 3.50. The zero-order valence-electron chi connectivity index (χ0n) is 8.93. The predicted molar refractivity (Wildman–Crippen MR) is 71.7 cm³/mol. The number of thiophene rings is 1. The molecule has 1 heterocycles. The first kappa shape index (κ1) is 11.1. The molecule has 3 heteroatoms. The van der Waals surface area contributed by atoms with Gasteiger partial charge in [-0.15, -0.1) is 11.3 Å². The minimum Gasteiger partial charge on any atom is -0.315 e. The van der Waals surface area contributed by atoms with Crippen molar-refractivity contribution < 1.29 is 0 Å². The van der Waals surface area contributed by atoms with Crippen LogP contribution in [0, 0.1) is 0 Å². The van der Waals surface area contributed by atoms with Crippen molar-refractivity contribution in [2.45, 2.75) is 19.9 Å². The summed E-state index contributed by atoms with van der Waals surface area (Å²) in [6.45, 7) is 3.19. The zero-order chi connectivity index (χ0) is 10.8. The van der Waals surface area contributed by atoms with Gasteiger partial charge in [-0.3, -0.25) is 0 Å². The smallest absolute Gasteiger partial charge is 0.0491 e.